The zero-order valence-electron chi connectivity index (χ0n) is 10.9. The van der Waals surface area contributed by atoms with E-state index in [1.165, 1.54) is 18.4 Å². The fourth-order valence-corrected chi connectivity index (χ4v) is 4.09. The lowest BCUT2D eigenvalue weighted by Gasteiger charge is -2.21. The smallest absolute Gasteiger partial charge is 0.0187 e. The summed E-state index contributed by atoms with van der Waals surface area (Å²) in [5, 5.41) is 4.44. The first-order chi connectivity index (χ1) is 8.31. The van der Waals surface area contributed by atoms with E-state index < -0.39 is 0 Å². The van der Waals surface area contributed by atoms with Crippen molar-refractivity contribution in [1.82, 2.24) is 5.32 Å². The summed E-state index contributed by atoms with van der Waals surface area (Å²) in [5.41, 5.74) is 1.46. The summed E-state index contributed by atoms with van der Waals surface area (Å²) >= 11 is 2.13. The zero-order valence-corrected chi connectivity index (χ0v) is 11.7. The summed E-state index contributed by atoms with van der Waals surface area (Å²) in [7, 11) is 0. The van der Waals surface area contributed by atoms with Crippen molar-refractivity contribution in [3.8, 4) is 0 Å². The Hall–Kier alpha value is -0.470. The van der Waals surface area contributed by atoms with Gasteiger partial charge in [-0.05, 0) is 30.9 Å². The second kappa shape index (κ2) is 6.46. The maximum absolute atomic E-state index is 3.61. The summed E-state index contributed by atoms with van der Waals surface area (Å²) in [6.07, 6.45) is 2.72. The largest absolute Gasteiger partial charge is 0.314 e. The molecule has 1 aromatic carbocycles. The van der Waals surface area contributed by atoms with Crippen molar-refractivity contribution in [2.24, 2.45) is 5.92 Å². The van der Waals surface area contributed by atoms with Crippen molar-refractivity contribution in [1.29, 1.82) is 0 Å². The van der Waals surface area contributed by atoms with Gasteiger partial charge in [0.2, 0.25) is 0 Å². The molecular weight excluding hydrogens is 226 g/mol. The van der Waals surface area contributed by atoms with Crippen LogP contribution in [0.1, 0.15) is 32.3 Å². The predicted molar refractivity (Wildman–Crippen MR) is 77.4 cm³/mol. The Bertz CT molecular complexity index is 325. The number of thioether (sulfide) groups is 1. The van der Waals surface area contributed by atoms with Gasteiger partial charge in [0.25, 0.3) is 0 Å². The topological polar surface area (TPSA) is 12.0 Å². The highest BCUT2D eigenvalue weighted by Crippen LogP contribution is 2.36. The Morgan fingerprint density at radius 1 is 1.24 bits per heavy atom. The van der Waals surface area contributed by atoms with Crippen LogP contribution in [0.4, 0.5) is 0 Å². The highest BCUT2D eigenvalue weighted by molar-refractivity contribution is 7.99. The zero-order chi connectivity index (χ0) is 12.1. The second-order valence-corrected chi connectivity index (χ2v) is 6.16. The van der Waals surface area contributed by atoms with E-state index in [2.05, 4.69) is 61.3 Å². The number of hydrogen-bond donors (Lipinski definition) is 1. The van der Waals surface area contributed by atoms with Crippen LogP contribution in [0.15, 0.2) is 30.3 Å². The number of rotatable bonds is 5. The Balaban J connectivity index is 1.81. The summed E-state index contributed by atoms with van der Waals surface area (Å²) in [6.45, 7) is 5.71. The Kier molecular flexibility index (Phi) is 4.93. The molecule has 1 aliphatic carbocycles. The first-order valence-corrected chi connectivity index (χ1v) is 7.75. The molecule has 0 aromatic heterocycles. The normalized spacial score (nSPS) is 28.5. The van der Waals surface area contributed by atoms with Gasteiger partial charge in [-0.15, -0.1) is 0 Å². The molecule has 1 aliphatic rings. The van der Waals surface area contributed by atoms with E-state index in [9.17, 15) is 0 Å². The van der Waals surface area contributed by atoms with E-state index in [4.69, 9.17) is 0 Å². The summed E-state index contributed by atoms with van der Waals surface area (Å²) in [5.74, 6) is 1.97. The van der Waals surface area contributed by atoms with Crippen molar-refractivity contribution >= 4 is 11.8 Å². The molecule has 0 radical (unpaired) electrons. The molecule has 0 saturated heterocycles. The molecule has 1 saturated carbocycles. The third-order valence-corrected chi connectivity index (χ3v) is 5.35. The van der Waals surface area contributed by atoms with Gasteiger partial charge in [-0.25, -0.2) is 0 Å². The third kappa shape index (κ3) is 3.49. The van der Waals surface area contributed by atoms with Gasteiger partial charge in [0.05, 0.1) is 0 Å². The second-order valence-electron chi connectivity index (χ2n) is 4.94. The molecular formula is C15H23NS. The van der Waals surface area contributed by atoms with Crippen molar-refractivity contribution < 1.29 is 0 Å². The Labute approximate surface area is 109 Å². The minimum atomic E-state index is 0.744. The van der Waals surface area contributed by atoms with Gasteiger partial charge in [0, 0.05) is 17.0 Å². The summed E-state index contributed by atoms with van der Waals surface area (Å²) in [4.78, 5) is 0. The molecule has 1 aromatic rings. The van der Waals surface area contributed by atoms with Crippen LogP contribution < -0.4 is 5.32 Å². The lowest BCUT2D eigenvalue weighted by molar-refractivity contribution is 0.441. The molecule has 0 amide bonds. The van der Waals surface area contributed by atoms with Crippen LogP contribution in [0.2, 0.25) is 0 Å². The lowest BCUT2D eigenvalue weighted by atomic mass is 10.1. The molecule has 17 heavy (non-hydrogen) atoms. The number of nitrogens with one attached hydrogen (secondary N) is 1. The fraction of sp³-hybridized carbons (Fsp3) is 0.600. The van der Waals surface area contributed by atoms with Crippen LogP contribution in [0.3, 0.4) is 0 Å². The first kappa shape index (κ1) is 13.0. The lowest BCUT2D eigenvalue weighted by Crippen LogP contribution is -2.33. The minimum Gasteiger partial charge on any atom is -0.314 e. The average molecular weight is 249 g/mol. The molecule has 1 nitrogen and oxygen atoms in total. The van der Waals surface area contributed by atoms with Gasteiger partial charge in [-0.1, -0.05) is 44.2 Å². The van der Waals surface area contributed by atoms with Crippen LogP contribution in [-0.2, 0) is 5.75 Å². The molecule has 2 heteroatoms. The fourth-order valence-electron chi connectivity index (χ4n) is 2.69. The molecule has 3 atom stereocenters. The van der Waals surface area contributed by atoms with E-state index >= 15 is 0 Å². The van der Waals surface area contributed by atoms with Crippen molar-refractivity contribution in [3.63, 3.8) is 0 Å². The van der Waals surface area contributed by atoms with Crippen molar-refractivity contribution in [2.75, 3.05) is 6.54 Å². The third-order valence-electron chi connectivity index (χ3n) is 3.76. The van der Waals surface area contributed by atoms with E-state index in [-0.39, 0.29) is 0 Å². The van der Waals surface area contributed by atoms with Crippen molar-refractivity contribution in [3.05, 3.63) is 35.9 Å². The van der Waals surface area contributed by atoms with Crippen molar-refractivity contribution in [2.45, 2.75) is 43.7 Å². The van der Waals surface area contributed by atoms with Gasteiger partial charge >= 0.3 is 0 Å². The van der Waals surface area contributed by atoms with Gasteiger partial charge in [0.15, 0.2) is 0 Å². The van der Waals surface area contributed by atoms with Crippen LogP contribution in [0.25, 0.3) is 0 Å². The van der Waals surface area contributed by atoms with E-state index in [0.717, 1.165) is 29.5 Å². The Morgan fingerprint density at radius 2 is 2.00 bits per heavy atom. The van der Waals surface area contributed by atoms with Crippen LogP contribution >= 0.6 is 11.8 Å². The van der Waals surface area contributed by atoms with E-state index in [1.54, 1.807) is 0 Å². The molecule has 0 aliphatic heterocycles. The summed E-state index contributed by atoms with van der Waals surface area (Å²) < 4.78 is 0. The van der Waals surface area contributed by atoms with E-state index in [1.807, 2.05) is 0 Å². The monoisotopic (exact) mass is 249 g/mol. The predicted octanol–water partition coefficient (Wildman–Crippen LogP) is 3.70. The average Bonchev–Trinajstić information content (AvgIpc) is 2.70. The minimum absolute atomic E-state index is 0.744. The Morgan fingerprint density at radius 3 is 2.71 bits per heavy atom. The van der Waals surface area contributed by atoms with E-state index in [0.29, 0.717) is 0 Å². The summed E-state index contributed by atoms with van der Waals surface area (Å²) in [6, 6.07) is 11.6. The molecule has 94 valence electrons. The molecule has 0 spiro atoms. The standard InChI is InChI=1S/C15H23NS/c1-3-16-14-9-10-15(12(14)2)17-11-13-7-5-4-6-8-13/h4-8,12,14-16H,3,9-11H2,1-2H3. The maximum Gasteiger partial charge on any atom is 0.0187 e. The molecule has 1 N–H and O–H groups in total. The van der Waals surface area contributed by atoms with Crippen LogP contribution in [0, 0.1) is 5.92 Å². The van der Waals surface area contributed by atoms with Crippen LogP contribution in [-0.4, -0.2) is 17.8 Å². The number of hydrogen-bond acceptors (Lipinski definition) is 2. The molecule has 3 unspecified atom stereocenters. The van der Waals surface area contributed by atoms with Gasteiger partial charge < -0.3 is 5.32 Å². The molecule has 0 bridgehead atoms. The molecule has 1 fully saturated rings. The van der Waals surface area contributed by atoms with Gasteiger partial charge in [0.1, 0.15) is 0 Å². The SMILES string of the molecule is CCNC1CCC(SCc2ccccc2)C1C. The van der Waals surface area contributed by atoms with Crippen LogP contribution in [0.5, 0.6) is 0 Å². The van der Waals surface area contributed by atoms with Gasteiger partial charge in [-0.2, -0.15) is 11.8 Å². The maximum atomic E-state index is 3.61. The van der Waals surface area contributed by atoms with Gasteiger partial charge in [-0.3, -0.25) is 0 Å². The quantitative estimate of drug-likeness (QED) is 0.854. The highest BCUT2D eigenvalue weighted by Gasteiger charge is 2.32. The molecule has 2 rings (SSSR count). The molecule has 0 heterocycles. The highest BCUT2D eigenvalue weighted by atomic mass is 32.2. The number of benzene rings is 1. The first-order valence-electron chi connectivity index (χ1n) is 6.70.